The molecule has 1 aromatic carbocycles. The van der Waals surface area contributed by atoms with Crippen LogP contribution in [0.3, 0.4) is 0 Å². The number of hydrogen-bond donors (Lipinski definition) is 1. The summed E-state index contributed by atoms with van der Waals surface area (Å²) in [4.78, 5) is 7.48. The van der Waals surface area contributed by atoms with Gasteiger partial charge in [0.05, 0.1) is 5.52 Å². The molecule has 0 radical (unpaired) electrons. The van der Waals surface area contributed by atoms with Crippen LogP contribution < -0.4 is 10.6 Å². The van der Waals surface area contributed by atoms with Crippen LogP contribution in [0.4, 0.5) is 5.82 Å². The molecule has 0 spiro atoms. The van der Waals surface area contributed by atoms with Crippen molar-refractivity contribution in [2.75, 3.05) is 24.5 Å². The molecular weight excluding hydrogens is 258 g/mol. The van der Waals surface area contributed by atoms with Gasteiger partial charge < -0.3 is 10.6 Å². The zero-order valence-electron chi connectivity index (χ0n) is 13.2. The highest BCUT2D eigenvalue weighted by Gasteiger charge is 2.18. The van der Waals surface area contributed by atoms with E-state index >= 15 is 0 Å². The summed E-state index contributed by atoms with van der Waals surface area (Å²) in [6.07, 6.45) is 4.61. The van der Waals surface area contributed by atoms with Crippen molar-refractivity contribution in [2.24, 2.45) is 5.73 Å². The summed E-state index contributed by atoms with van der Waals surface area (Å²) in [5.74, 6) is 1.19. The normalized spacial score (nSPS) is 15.1. The Bertz CT molecular complexity index is 642. The quantitative estimate of drug-likeness (QED) is 0.935. The van der Waals surface area contributed by atoms with Gasteiger partial charge in [0.15, 0.2) is 0 Å². The highest BCUT2D eigenvalue weighted by atomic mass is 15.2. The number of fused-ring (bicyclic) bond motifs is 1. The molecule has 2 heterocycles. The third kappa shape index (κ3) is 2.88. The van der Waals surface area contributed by atoms with E-state index in [1.54, 1.807) is 0 Å². The summed E-state index contributed by atoms with van der Waals surface area (Å²) in [6, 6.07) is 6.81. The molecule has 1 aliphatic heterocycles. The second-order valence-corrected chi connectivity index (χ2v) is 6.21. The van der Waals surface area contributed by atoms with Crippen LogP contribution in [-0.2, 0) is 6.42 Å². The van der Waals surface area contributed by atoms with Crippen LogP contribution in [0.15, 0.2) is 18.2 Å². The molecule has 0 atom stereocenters. The average molecular weight is 283 g/mol. The van der Waals surface area contributed by atoms with Gasteiger partial charge in [0.25, 0.3) is 0 Å². The predicted octanol–water partition coefficient (Wildman–Crippen LogP) is 3.34. The van der Waals surface area contributed by atoms with Gasteiger partial charge in [0.2, 0.25) is 0 Å². The van der Waals surface area contributed by atoms with E-state index in [0.29, 0.717) is 0 Å². The Labute approximate surface area is 127 Å². The Hall–Kier alpha value is -1.61. The Morgan fingerprint density at radius 1 is 1.14 bits per heavy atom. The molecule has 1 aliphatic rings. The number of anilines is 1. The summed E-state index contributed by atoms with van der Waals surface area (Å²) in [6.45, 7) is 7.33. The van der Waals surface area contributed by atoms with Crippen LogP contribution in [0.1, 0.15) is 36.0 Å². The molecular formula is C18H25N3. The lowest BCUT2D eigenvalue weighted by atomic mass is 10.0. The number of benzene rings is 1. The number of nitrogens with zero attached hydrogens (tertiary/aromatic N) is 2. The standard InChI is InChI=1S/C18H25N3/c1-13-10-14(2)17-16(11-13)12-15(6-5-7-19)18(20-17)21-8-3-4-9-21/h10-12H,3-9,19H2,1-2H3. The van der Waals surface area contributed by atoms with Crippen LogP contribution in [0, 0.1) is 13.8 Å². The molecule has 3 heteroatoms. The Kier molecular flexibility index (Phi) is 4.11. The third-order valence-electron chi connectivity index (χ3n) is 4.36. The van der Waals surface area contributed by atoms with Crippen LogP contribution in [-0.4, -0.2) is 24.6 Å². The number of pyridine rings is 1. The van der Waals surface area contributed by atoms with E-state index in [2.05, 4.69) is 36.9 Å². The number of aromatic nitrogens is 1. The van der Waals surface area contributed by atoms with E-state index < -0.39 is 0 Å². The lowest BCUT2D eigenvalue weighted by Crippen LogP contribution is -2.21. The number of aryl methyl sites for hydroxylation is 3. The minimum absolute atomic E-state index is 0.740. The Balaban J connectivity index is 2.12. The molecule has 112 valence electrons. The maximum atomic E-state index is 5.71. The molecule has 0 amide bonds. The lowest BCUT2D eigenvalue weighted by molar-refractivity contribution is 0.818. The Morgan fingerprint density at radius 2 is 1.90 bits per heavy atom. The SMILES string of the molecule is Cc1cc(C)c2nc(N3CCCC3)c(CCCN)cc2c1. The van der Waals surface area contributed by atoms with Gasteiger partial charge in [-0.25, -0.2) is 4.98 Å². The van der Waals surface area contributed by atoms with E-state index in [9.17, 15) is 0 Å². The summed E-state index contributed by atoms with van der Waals surface area (Å²) in [5.41, 5.74) is 10.8. The van der Waals surface area contributed by atoms with Crippen molar-refractivity contribution in [1.29, 1.82) is 0 Å². The zero-order valence-corrected chi connectivity index (χ0v) is 13.2. The second-order valence-electron chi connectivity index (χ2n) is 6.21. The molecule has 3 rings (SSSR count). The summed E-state index contributed by atoms with van der Waals surface area (Å²) >= 11 is 0. The number of rotatable bonds is 4. The van der Waals surface area contributed by atoms with Crippen molar-refractivity contribution in [3.63, 3.8) is 0 Å². The first-order chi connectivity index (χ1) is 10.2. The van der Waals surface area contributed by atoms with Crippen LogP contribution >= 0.6 is 0 Å². The van der Waals surface area contributed by atoms with Gasteiger partial charge in [-0.3, -0.25) is 0 Å². The van der Waals surface area contributed by atoms with E-state index in [0.717, 1.165) is 38.0 Å². The van der Waals surface area contributed by atoms with Crippen molar-refractivity contribution in [2.45, 2.75) is 39.5 Å². The molecule has 2 aromatic rings. The van der Waals surface area contributed by atoms with Gasteiger partial charge in [-0.2, -0.15) is 0 Å². The van der Waals surface area contributed by atoms with Crippen molar-refractivity contribution < 1.29 is 0 Å². The molecule has 1 aromatic heterocycles. The molecule has 0 bridgehead atoms. The molecule has 0 saturated carbocycles. The van der Waals surface area contributed by atoms with Gasteiger partial charge in [0, 0.05) is 18.5 Å². The van der Waals surface area contributed by atoms with Gasteiger partial charge in [-0.1, -0.05) is 11.6 Å². The molecule has 3 nitrogen and oxygen atoms in total. The van der Waals surface area contributed by atoms with Gasteiger partial charge in [-0.05, 0) is 69.3 Å². The maximum Gasteiger partial charge on any atom is 0.132 e. The lowest BCUT2D eigenvalue weighted by Gasteiger charge is -2.21. The summed E-state index contributed by atoms with van der Waals surface area (Å²) in [5, 5.41) is 1.27. The predicted molar refractivity (Wildman–Crippen MR) is 90.0 cm³/mol. The highest BCUT2D eigenvalue weighted by Crippen LogP contribution is 2.29. The number of nitrogens with two attached hydrogens (primary N) is 1. The topological polar surface area (TPSA) is 42.2 Å². The van der Waals surface area contributed by atoms with Crippen molar-refractivity contribution in [3.05, 3.63) is 34.9 Å². The van der Waals surface area contributed by atoms with Crippen LogP contribution in [0.5, 0.6) is 0 Å². The maximum absolute atomic E-state index is 5.71. The first kappa shape index (κ1) is 14.3. The third-order valence-corrected chi connectivity index (χ3v) is 4.36. The minimum atomic E-state index is 0.740. The molecule has 2 N–H and O–H groups in total. The fraction of sp³-hybridized carbons (Fsp3) is 0.500. The highest BCUT2D eigenvalue weighted by molar-refractivity contribution is 5.85. The molecule has 1 fully saturated rings. The van der Waals surface area contributed by atoms with Gasteiger partial charge in [0.1, 0.15) is 5.82 Å². The van der Waals surface area contributed by atoms with E-state index in [1.165, 1.54) is 40.7 Å². The monoisotopic (exact) mass is 283 g/mol. The first-order valence-corrected chi connectivity index (χ1v) is 8.05. The van der Waals surface area contributed by atoms with E-state index in [1.807, 2.05) is 0 Å². The van der Waals surface area contributed by atoms with Crippen molar-refractivity contribution in [3.8, 4) is 0 Å². The average Bonchev–Trinajstić information content (AvgIpc) is 2.98. The first-order valence-electron chi connectivity index (χ1n) is 8.05. The van der Waals surface area contributed by atoms with Crippen molar-refractivity contribution >= 4 is 16.7 Å². The smallest absolute Gasteiger partial charge is 0.132 e. The van der Waals surface area contributed by atoms with Crippen LogP contribution in [0.25, 0.3) is 10.9 Å². The minimum Gasteiger partial charge on any atom is -0.356 e. The second kappa shape index (κ2) is 6.02. The van der Waals surface area contributed by atoms with Crippen molar-refractivity contribution in [1.82, 2.24) is 4.98 Å². The summed E-state index contributed by atoms with van der Waals surface area (Å²) < 4.78 is 0. The molecule has 0 aliphatic carbocycles. The number of hydrogen-bond acceptors (Lipinski definition) is 3. The van der Waals surface area contributed by atoms with E-state index in [4.69, 9.17) is 10.7 Å². The fourth-order valence-electron chi connectivity index (χ4n) is 3.36. The summed E-state index contributed by atoms with van der Waals surface area (Å²) in [7, 11) is 0. The largest absolute Gasteiger partial charge is 0.356 e. The molecule has 0 unspecified atom stereocenters. The van der Waals surface area contributed by atoms with Gasteiger partial charge >= 0.3 is 0 Å². The molecule has 1 saturated heterocycles. The Morgan fingerprint density at radius 3 is 2.62 bits per heavy atom. The van der Waals surface area contributed by atoms with Gasteiger partial charge in [-0.15, -0.1) is 0 Å². The zero-order chi connectivity index (χ0) is 14.8. The fourth-order valence-corrected chi connectivity index (χ4v) is 3.36. The van der Waals surface area contributed by atoms with Crippen LogP contribution in [0.2, 0.25) is 0 Å². The van der Waals surface area contributed by atoms with E-state index in [-0.39, 0.29) is 0 Å². The molecule has 21 heavy (non-hydrogen) atoms.